The van der Waals surface area contributed by atoms with Crippen molar-refractivity contribution in [3.63, 3.8) is 0 Å². The van der Waals surface area contributed by atoms with Gasteiger partial charge in [0.25, 0.3) is 0 Å². The number of anilines is 1. The van der Waals surface area contributed by atoms with Gasteiger partial charge in [0.2, 0.25) is 10.0 Å². The van der Waals surface area contributed by atoms with Crippen molar-refractivity contribution in [2.75, 3.05) is 12.8 Å². The first-order valence-electron chi connectivity index (χ1n) is 5.49. The van der Waals surface area contributed by atoms with Crippen molar-refractivity contribution in [2.24, 2.45) is 0 Å². The van der Waals surface area contributed by atoms with Gasteiger partial charge in [-0.2, -0.15) is 0 Å². The third-order valence-electron chi connectivity index (χ3n) is 2.93. The summed E-state index contributed by atoms with van der Waals surface area (Å²) in [5.74, 6) is 0.546. The van der Waals surface area contributed by atoms with Gasteiger partial charge in [-0.1, -0.05) is 6.42 Å². The van der Waals surface area contributed by atoms with Crippen LogP contribution < -0.4 is 15.2 Å². The molecule has 6 heteroatoms. The number of nitrogen functional groups attached to an aromatic ring is 1. The zero-order chi connectivity index (χ0) is 12.5. The quantitative estimate of drug-likeness (QED) is 0.791. The van der Waals surface area contributed by atoms with Crippen molar-refractivity contribution >= 4 is 15.7 Å². The summed E-state index contributed by atoms with van der Waals surface area (Å²) in [6, 6.07) is 4.62. The molecule has 0 aromatic heterocycles. The molecule has 3 N–H and O–H groups in total. The molecule has 1 aromatic rings. The van der Waals surface area contributed by atoms with Crippen LogP contribution in [0.2, 0.25) is 0 Å². The number of nitrogens with one attached hydrogen (secondary N) is 1. The second-order valence-corrected chi connectivity index (χ2v) is 5.84. The smallest absolute Gasteiger partial charge is 0.242 e. The van der Waals surface area contributed by atoms with Crippen molar-refractivity contribution in [1.82, 2.24) is 4.72 Å². The van der Waals surface area contributed by atoms with Crippen LogP contribution >= 0.6 is 0 Å². The van der Waals surface area contributed by atoms with Crippen LogP contribution in [0.4, 0.5) is 5.69 Å². The van der Waals surface area contributed by atoms with Crippen LogP contribution in [0, 0.1) is 0 Å². The van der Waals surface area contributed by atoms with Gasteiger partial charge in [0.1, 0.15) is 10.6 Å². The fourth-order valence-corrected chi connectivity index (χ4v) is 3.13. The molecule has 0 bridgehead atoms. The maximum Gasteiger partial charge on any atom is 0.242 e. The van der Waals surface area contributed by atoms with Gasteiger partial charge in [-0.25, -0.2) is 13.1 Å². The van der Waals surface area contributed by atoms with E-state index in [1.165, 1.54) is 19.2 Å². The number of sulfonamides is 1. The fraction of sp³-hybridized carbons (Fsp3) is 0.455. The molecule has 17 heavy (non-hydrogen) atoms. The molecule has 0 atom stereocenters. The molecule has 0 heterocycles. The Morgan fingerprint density at radius 3 is 2.59 bits per heavy atom. The molecular formula is C11H16N2O3S. The molecule has 2 rings (SSSR count). The second-order valence-electron chi connectivity index (χ2n) is 4.15. The van der Waals surface area contributed by atoms with Crippen LogP contribution in [0.15, 0.2) is 23.1 Å². The molecular weight excluding hydrogens is 240 g/mol. The van der Waals surface area contributed by atoms with Crippen LogP contribution in [-0.4, -0.2) is 21.6 Å². The first kappa shape index (κ1) is 12.2. The number of methoxy groups -OCH3 is 1. The predicted octanol–water partition coefficient (Wildman–Crippen LogP) is 1.11. The van der Waals surface area contributed by atoms with Gasteiger partial charge in [-0.3, -0.25) is 0 Å². The van der Waals surface area contributed by atoms with E-state index < -0.39 is 10.0 Å². The molecule has 5 nitrogen and oxygen atoms in total. The fourth-order valence-electron chi connectivity index (χ4n) is 1.71. The summed E-state index contributed by atoms with van der Waals surface area (Å²) in [6.07, 6.45) is 2.87. The highest BCUT2D eigenvalue weighted by molar-refractivity contribution is 7.89. The highest BCUT2D eigenvalue weighted by Crippen LogP contribution is 2.26. The minimum absolute atomic E-state index is 0.0569. The average molecular weight is 256 g/mol. The second kappa shape index (κ2) is 4.54. The van der Waals surface area contributed by atoms with Crippen molar-refractivity contribution in [3.8, 4) is 5.75 Å². The largest absolute Gasteiger partial charge is 0.497 e. The number of ether oxygens (including phenoxy) is 1. The van der Waals surface area contributed by atoms with Gasteiger partial charge in [0.15, 0.2) is 0 Å². The highest BCUT2D eigenvalue weighted by Gasteiger charge is 2.26. The van der Waals surface area contributed by atoms with Crippen LogP contribution in [0.5, 0.6) is 5.75 Å². The minimum Gasteiger partial charge on any atom is -0.497 e. The Hall–Kier alpha value is -1.27. The lowest BCUT2D eigenvalue weighted by Crippen LogP contribution is -2.39. The SMILES string of the molecule is COc1ccc(S(=O)(=O)NC2CCC2)c(N)c1. The molecule has 94 valence electrons. The van der Waals surface area contributed by atoms with E-state index in [1.807, 2.05) is 0 Å². The molecule has 1 fully saturated rings. The number of hydrogen-bond acceptors (Lipinski definition) is 4. The molecule has 0 aliphatic heterocycles. The Balaban J connectivity index is 2.25. The van der Waals surface area contributed by atoms with Crippen molar-refractivity contribution in [1.29, 1.82) is 0 Å². The summed E-state index contributed by atoms with van der Waals surface area (Å²) < 4.78 is 31.7. The Morgan fingerprint density at radius 2 is 2.12 bits per heavy atom. The normalized spacial score (nSPS) is 16.5. The molecule has 0 amide bonds. The minimum atomic E-state index is -3.51. The molecule has 1 aliphatic carbocycles. The van der Waals surface area contributed by atoms with Gasteiger partial charge in [0, 0.05) is 12.1 Å². The molecule has 0 radical (unpaired) electrons. The third-order valence-corrected chi connectivity index (χ3v) is 4.53. The van der Waals surface area contributed by atoms with Gasteiger partial charge in [-0.05, 0) is 25.0 Å². The molecule has 0 unspecified atom stereocenters. The average Bonchev–Trinajstić information content (AvgIpc) is 2.23. The van der Waals surface area contributed by atoms with Gasteiger partial charge >= 0.3 is 0 Å². The maximum atomic E-state index is 12.0. The lowest BCUT2D eigenvalue weighted by Gasteiger charge is -2.26. The molecule has 1 aliphatic rings. The summed E-state index contributed by atoms with van der Waals surface area (Å²) >= 11 is 0. The lowest BCUT2D eigenvalue weighted by atomic mass is 9.94. The van der Waals surface area contributed by atoms with Gasteiger partial charge < -0.3 is 10.5 Å². The summed E-state index contributed by atoms with van der Waals surface area (Å²) in [5, 5.41) is 0. The molecule has 0 saturated heterocycles. The van der Waals surface area contributed by atoms with E-state index in [9.17, 15) is 8.42 Å². The number of benzene rings is 1. The summed E-state index contributed by atoms with van der Waals surface area (Å²) in [7, 11) is -2.00. The van der Waals surface area contributed by atoms with E-state index in [0.717, 1.165) is 19.3 Å². The van der Waals surface area contributed by atoms with Gasteiger partial charge in [0.05, 0.1) is 12.8 Å². The topological polar surface area (TPSA) is 81.4 Å². The standard InChI is InChI=1S/C11H16N2O3S/c1-16-9-5-6-11(10(12)7-9)17(14,15)13-8-3-2-4-8/h5-8,13H,2-4,12H2,1H3. The van der Waals surface area contributed by atoms with E-state index in [0.29, 0.717) is 5.75 Å². The molecule has 1 aromatic carbocycles. The van der Waals surface area contributed by atoms with E-state index in [1.54, 1.807) is 6.07 Å². The van der Waals surface area contributed by atoms with Crippen LogP contribution in [-0.2, 0) is 10.0 Å². The maximum absolute atomic E-state index is 12.0. The van der Waals surface area contributed by atoms with E-state index in [-0.39, 0.29) is 16.6 Å². The zero-order valence-corrected chi connectivity index (χ0v) is 10.5. The third kappa shape index (κ3) is 2.53. The first-order valence-corrected chi connectivity index (χ1v) is 6.97. The van der Waals surface area contributed by atoms with Gasteiger partial charge in [-0.15, -0.1) is 0 Å². The van der Waals surface area contributed by atoms with E-state index in [4.69, 9.17) is 10.5 Å². The lowest BCUT2D eigenvalue weighted by molar-refractivity contribution is 0.383. The highest BCUT2D eigenvalue weighted by atomic mass is 32.2. The number of rotatable bonds is 4. The number of hydrogen-bond donors (Lipinski definition) is 2. The summed E-state index contributed by atoms with van der Waals surface area (Å²) in [5.41, 5.74) is 5.92. The monoisotopic (exact) mass is 256 g/mol. The predicted molar refractivity (Wildman–Crippen MR) is 65.4 cm³/mol. The Morgan fingerprint density at radius 1 is 1.41 bits per heavy atom. The van der Waals surface area contributed by atoms with Crippen LogP contribution in [0.25, 0.3) is 0 Å². The molecule has 0 spiro atoms. The summed E-state index contributed by atoms with van der Waals surface area (Å²) in [4.78, 5) is 0.116. The Labute approximate surface area is 101 Å². The zero-order valence-electron chi connectivity index (χ0n) is 9.64. The van der Waals surface area contributed by atoms with Crippen LogP contribution in [0.1, 0.15) is 19.3 Å². The first-order chi connectivity index (χ1) is 8.03. The van der Waals surface area contributed by atoms with E-state index >= 15 is 0 Å². The van der Waals surface area contributed by atoms with Crippen molar-refractivity contribution in [2.45, 2.75) is 30.2 Å². The summed E-state index contributed by atoms with van der Waals surface area (Å²) in [6.45, 7) is 0. The van der Waals surface area contributed by atoms with E-state index in [2.05, 4.69) is 4.72 Å². The number of nitrogens with two attached hydrogens (primary N) is 1. The Kier molecular flexibility index (Phi) is 3.26. The van der Waals surface area contributed by atoms with Crippen LogP contribution in [0.3, 0.4) is 0 Å². The molecule has 1 saturated carbocycles. The van der Waals surface area contributed by atoms with Crippen molar-refractivity contribution in [3.05, 3.63) is 18.2 Å². The Bertz CT molecular complexity index is 509. The van der Waals surface area contributed by atoms with Crippen molar-refractivity contribution < 1.29 is 13.2 Å².